The molecule has 5 rings (SSSR count). The monoisotopic (exact) mass is 612 g/mol. The Morgan fingerprint density at radius 1 is 1.07 bits per heavy atom. The molecule has 1 aliphatic carbocycles. The van der Waals surface area contributed by atoms with Crippen molar-refractivity contribution in [1.29, 1.82) is 0 Å². The largest absolute Gasteiger partial charge is 0.465 e. The third-order valence-corrected chi connectivity index (χ3v) is 8.56. The maximum Gasteiger partial charge on any atom is 0.338 e. The third kappa shape index (κ3) is 5.20. The zero-order chi connectivity index (χ0) is 30.1. The fraction of sp³-hybridized carbons (Fsp3) is 0.258. The van der Waals surface area contributed by atoms with Gasteiger partial charge in [-0.2, -0.15) is 0 Å². The molecule has 3 atom stereocenters. The molecule has 0 fully saturated rings. The van der Waals surface area contributed by atoms with Gasteiger partial charge in [-0.15, -0.1) is 11.3 Å². The summed E-state index contributed by atoms with van der Waals surface area (Å²) >= 11 is 7.70. The molecule has 3 aromatic rings. The second-order valence-corrected chi connectivity index (χ2v) is 11.1. The number of ether oxygens (including phenoxy) is 2. The van der Waals surface area contributed by atoms with Crippen molar-refractivity contribution in [1.82, 2.24) is 0 Å². The van der Waals surface area contributed by atoms with E-state index in [2.05, 4.69) is 0 Å². The molecule has 2 N–H and O–H groups in total. The zero-order valence-electron chi connectivity index (χ0n) is 22.7. The van der Waals surface area contributed by atoms with Crippen LogP contribution in [0.25, 0.3) is 0 Å². The second-order valence-electron chi connectivity index (χ2n) is 9.72. The van der Waals surface area contributed by atoms with E-state index in [0.717, 1.165) is 10.9 Å². The number of rotatable bonds is 7. The lowest BCUT2D eigenvalue weighted by molar-refractivity contribution is -0.152. The van der Waals surface area contributed by atoms with E-state index < -0.39 is 47.1 Å². The lowest BCUT2D eigenvalue weighted by atomic mass is 9.68. The van der Waals surface area contributed by atoms with E-state index in [0.29, 0.717) is 16.7 Å². The number of benzene rings is 2. The summed E-state index contributed by atoms with van der Waals surface area (Å²) in [5, 5.41) is 2.16. The van der Waals surface area contributed by atoms with Crippen LogP contribution >= 0.6 is 22.9 Å². The van der Waals surface area contributed by atoms with Gasteiger partial charge in [0.15, 0.2) is 5.78 Å². The van der Waals surface area contributed by atoms with Crippen LogP contribution in [0.1, 0.15) is 42.5 Å². The number of carbonyl (C=O) groups excluding carboxylic acids is 3. The van der Waals surface area contributed by atoms with E-state index >= 15 is 4.39 Å². The van der Waals surface area contributed by atoms with Gasteiger partial charge >= 0.3 is 11.9 Å². The van der Waals surface area contributed by atoms with Crippen LogP contribution in [0.2, 0.25) is 5.02 Å². The van der Waals surface area contributed by atoms with Gasteiger partial charge in [0.1, 0.15) is 23.4 Å². The van der Waals surface area contributed by atoms with Crippen molar-refractivity contribution in [2.24, 2.45) is 11.7 Å². The maximum absolute atomic E-state index is 15.4. The van der Waals surface area contributed by atoms with E-state index in [4.69, 9.17) is 26.8 Å². The van der Waals surface area contributed by atoms with Crippen LogP contribution in [0.15, 0.2) is 82.6 Å². The van der Waals surface area contributed by atoms with Gasteiger partial charge in [-0.3, -0.25) is 14.5 Å². The summed E-state index contributed by atoms with van der Waals surface area (Å²) in [4.78, 5) is 43.5. The number of hydrogen-bond acceptors (Lipinski definition) is 8. The number of halogens is 3. The molecule has 0 saturated carbocycles. The number of nitrogens with zero attached hydrogens (tertiary/aromatic N) is 1. The Hall–Kier alpha value is -4.02. The van der Waals surface area contributed by atoms with Gasteiger partial charge < -0.3 is 15.2 Å². The highest BCUT2D eigenvalue weighted by Gasteiger charge is 2.52. The molecule has 0 unspecified atom stereocenters. The number of ketones is 1. The van der Waals surface area contributed by atoms with Crippen LogP contribution in [0, 0.1) is 17.6 Å². The van der Waals surface area contributed by atoms with Gasteiger partial charge in [-0.1, -0.05) is 29.8 Å². The number of hydrogen-bond donors (Lipinski definition) is 1. The fourth-order valence-corrected chi connectivity index (χ4v) is 6.73. The number of anilines is 1. The van der Waals surface area contributed by atoms with Crippen molar-refractivity contribution in [3.05, 3.63) is 110 Å². The van der Waals surface area contributed by atoms with E-state index in [1.165, 1.54) is 22.3 Å². The first-order valence-corrected chi connectivity index (χ1v) is 14.6. The van der Waals surface area contributed by atoms with Crippen molar-refractivity contribution in [3.8, 4) is 0 Å². The summed E-state index contributed by atoms with van der Waals surface area (Å²) in [6.07, 6.45) is 0.0652. The summed E-state index contributed by atoms with van der Waals surface area (Å²) in [6, 6.07) is 13.1. The minimum atomic E-state index is -1.24. The molecule has 0 saturated heterocycles. The van der Waals surface area contributed by atoms with Crippen molar-refractivity contribution >= 4 is 46.3 Å². The van der Waals surface area contributed by atoms with Gasteiger partial charge in [0.05, 0.1) is 30.4 Å². The van der Waals surface area contributed by atoms with Crippen LogP contribution in [0.5, 0.6) is 0 Å². The Morgan fingerprint density at radius 2 is 1.83 bits per heavy atom. The SMILES string of the molecule is CCOC(=O)C1=C(N)N(c2ccc(F)cc2F)C2=C(C(=O)[C@@H](C(=O)OCC)[C@@H](c3cccs3)C2)[C@@H]1c1cccc(Cl)c1. The predicted molar refractivity (Wildman–Crippen MR) is 155 cm³/mol. The summed E-state index contributed by atoms with van der Waals surface area (Å²) in [6.45, 7) is 3.31. The molecule has 1 aliphatic heterocycles. The lowest BCUT2D eigenvalue weighted by Gasteiger charge is -2.43. The molecule has 2 aromatic carbocycles. The van der Waals surface area contributed by atoms with Crippen LogP contribution in [0.3, 0.4) is 0 Å². The number of carbonyl (C=O) groups is 3. The molecule has 218 valence electrons. The van der Waals surface area contributed by atoms with Crippen molar-refractivity contribution in [3.63, 3.8) is 0 Å². The molecule has 11 heteroatoms. The average molecular weight is 613 g/mol. The normalized spacial score (nSPS) is 20.5. The number of esters is 2. The van der Waals surface area contributed by atoms with Gasteiger partial charge in [0.25, 0.3) is 0 Å². The first kappa shape index (κ1) is 29.5. The smallest absolute Gasteiger partial charge is 0.338 e. The lowest BCUT2D eigenvalue weighted by Crippen LogP contribution is -2.46. The van der Waals surface area contributed by atoms with Crippen molar-refractivity contribution < 1.29 is 32.6 Å². The molecule has 7 nitrogen and oxygen atoms in total. The van der Waals surface area contributed by atoms with Crippen LogP contribution in [0.4, 0.5) is 14.5 Å². The first-order valence-electron chi connectivity index (χ1n) is 13.3. The van der Waals surface area contributed by atoms with Gasteiger partial charge in [-0.25, -0.2) is 13.6 Å². The molecule has 0 radical (unpaired) electrons. The van der Waals surface area contributed by atoms with Crippen LogP contribution < -0.4 is 10.6 Å². The Balaban J connectivity index is 1.84. The Bertz CT molecular complexity index is 1620. The second kappa shape index (κ2) is 12.1. The molecule has 1 aromatic heterocycles. The average Bonchev–Trinajstić information content (AvgIpc) is 3.48. The molecule has 0 spiro atoms. The van der Waals surface area contributed by atoms with Crippen LogP contribution in [-0.2, 0) is 23.9 Å². The van der Waals surface area contributed by atoms with Crippen molar-refractivity contribution in [2.45, 2.75) is 32.1 Å². The maximum atomic E-state index is 15.4. The van der Waals surface area contributed by atoms with E-state index in [-0.39, 0.29) is 48.0 Å². The summed E-state index contributed by atoms with van der Waals surface area (Å²) in [5.74, 6) is -7.10. The van der Waals surface area contributed by atoms with E-state index in [9.17, 15) is 18.8 Å². The minimum absolute atomic E-state index is 0.00541. The van der Waals surface area contributed by atoms with Gasteiger partial charge in [0, 0.05) is 33.2 Å². The van der Waals surface area contributed by atoms with Gasteiger partial charge in [-0.05, 0) is 61.5 Å². The highest BCUT2D eigenvalue weighted by atomic mass is 35.5. The Kier molecular flexibility index (Phi) is 8.47. The topological polar surface area (TPSA) is 98.9 Å². The standard InChI is InChI=1S/C31H27ClF2N2O5S/c1-3-40-30(38)25-19(23-9-6-12-42-23)15-22-26(28(25)37)24(16-7-5-8-17(32)13-16)27(31(39)41-4-2)29(35)36(22)21-11-10-18(33)14-20(21)34/h5-14,19,24-25H,3-4,15,35H2,1-2H3/t19-,24+,25+/m1/s1. The highest BCUT2D eigenvalue weighted by Crippen LogP contribution is 2.52. The summed E-state index contributed by atoms with van der Waals surface area (Å²) in [5.41, 5.74) is 7.18. The predicted octanol–water partition coefficient (Wildman–Crippen LogP) is 6.21. The summed E-state index contributed by atoms with van der Waals surface area (Å²) in [7, 11) is 0. The van der Waals surface area contributed by atoms with E-state index in [1.807, 2.05) is 11.4 Å². The zero-order valence-corrected chi connectivity index (χ0v) is 24.3. The highest BCUT2D eigenvalue weighted by molar-refractivity contribution is 7.10. The quantitative estimate of drug-likeness (QED) is 0.250. The first-order chi connectivity index (χ1) is 20.2. The van der Waals surface area contributed by atoms with E-state index in [1.54, 1.807) is 44.2 Å². The third-order valence-electron chi connectivity index (χ3n) is 7.32. The number of nitrogens with two attached hydrogens (primary N) is 1. The number of Topliss-reactive ketones (excluding diaryl/α,β-unsaturated/α-hetero) is 1. The molecular weight excluding hydrogens is 586 g/mol. The van der Waals surface area contributed by atoms with Gasteiger partial charge in [0.2, 0.25) is 0 Å². The molecule has 0 bridgehead atoms. The molecule has 42 heavy (non-hydrogen) atoms. The Labute approximate surface area is 250 Å². The number of allylic oxidation sites excluding steroid dienone is 2. The minimum Gasteiger partial charge on any atom is -0.465 e. The molecule has 2 aliphatic rings. The van der Waals surface area contributed by atoms with Crippen molar-refractivity contribution in [2.75, 3.05) is 18.1 Å². The fourth-order valence-electron chi connectivity index (χ4n) is 5.67. The molecular formula is C31H27ClF2N2O5S. The van der Waals surface area contributed by atoms with Crippen LogP contribution in [-0.4, -0.2) is 30.9 Å². The molecule has 2 heterocycles. The molecule has 0 amide bonds. The number of thiophene rings is 1. The Morgan fingerprint density at radius 3 is 2.48 bits per heavy atom. The summed E-state index contributed by atoms with van der Waals surface area (Å²) < 4.78 is 40.1.